The number of ether oxygens (including phenoxy) is 1. The molecule has 1 unspecified atom stereocenters. The summed E-state index contributed by atoms with van der Waals surface area (Å²) in [6, 6.07) is 15.2. The molecule has 0 spiro atoms. The molecule has 5 nitrogen and oxygen atoms in total. The van der Waals surface area contributed by atoms with Crippen LogP contribution in [0.2, 0.25) is 5.02 Å². The second-order valence-corrected chi connectivity index (χ2v) is 7.09. The van der Waals surface area contributed by atoms with Gasteiger partial charge in [0.25, 0.3) is 0 Å². The Kier molecular flexibility index (Phi) is 6.35. The summed E-state index contributed by atoms with van der Waals surface area (Å²) in [5, 5.41) is 3.62. The summed E-state index contributed by atoms with van der Waals surface area (Å²) in [6.07, 6.45) is 0.954. The lowest BCUT2D eigenvalue weighted by Crippen LogP contribution is -2.34. The van der Waals surface area contributed by atoms with Gasteiger partial charge in [0.15, 0.2) is 0 Å². The van der Waals surface area contributed by atoms with Gasteiger partial charge in [-0.3, -0.25) is 9.59 Å². The van der Waals surface area contributed by atoms with Crippen LogP contribution in [-0.4, -0.2) is 36.9 Å². The van der Waals surface area contributed by atoms with E-state index in [0.717, 1.165) is 16.9 Å². The molecule has 1 atom stereocenters. The van der Waals surface area contributed by atoms with Crippen LogP contribution < -0.4 is 10.1 Å². The van der Waals surface area contributed by atoms with Crippen molar-refractivity contribution in [3.63, 3.8) is 0 Å². The summed E-state index contributed by atoms with van der Waals surface area (Å²) in [5.41, 5.74) is 2.01. The van der Waals surface area contributed by atoms with Crippen molar-refractivity contribution in [1.29, 1.82) is 0 Å². The van der Waals surface area contributed by atoms with E-state index >= 15 is 0 Å². The maximum absolute atomic E-state index is 12.4. The van der Waals surface area contributed by atoms with Crippen LogP contribution in [0.1, 0.15) is 17.5 Å². The Morgan fingerprint density at radius 1 is 1.26 bits per heavy atom. The average molecular weight is 387 g/mol. The van der Waals surface area contributed by atoms with Gasteiger partial charge in [0.1, 0.15) is 5.75 Å². The number of carbonyl (C=O) groups excluding carboxylic acids is 2. The standard InChI is InChI=1S/C21H23ClN2O3/c1-27-19-8-3-2-6-16(19)13-24-14-17(12-20(24)25)21(26)23-10-9-15-5-4-7-18(22)11-15/h2-8,11,17H,9-10,12-14H2,1H3,(H,23,26). The summed E-state index contributed by atoms with van der Waals surface area (Å²) in [6.45, 7) is 1.41. The van der Waals surface area contributed by atoms with Crippen molar-refractivity contribution < 1.29 is 14.3 Å². The molecule has 0 saturated carbocycles. The lowest BCUT2D eigenvalue weighted by molar-refractivity contribution is -0.129. The Morgan fingerprint density at radius 3 is 2.85 bits per heavy atom. The second-order valence-electron chi connectivity index (χ2n) is 6.66. The maximum atomic E-state index is 12.4. The van der Waals surface area contributed by atoms with Gasteiger partial charge in [0.05, 0.1) is 13.0 Å². The van der Waals surface area contributed by atoms with Crippen LogP contribution in [0.3, 0.4) is 0 Å². The first-order valence-electron chi connectivity index (χ1n) is 8.98. The fourth-order valence-corrected chi connectivity index (χ4v) is 3.52. The number of hydrogen-bond donors (Lipinski definition) is 1. The highest BCUT2D eigenvalue weighted by atomic mass is 35.5. The third-order valence-electron chi connectivity index (χ3n) is 4.74. The molecule has 1 aliphatic rings. The van der Waals surface area contributed by atoms with Crippen LogP contribution in [-0.2, 0) is 22.6 Å². The molecule has 0 radical (unpaired) electrons. The predicted octanol–water partition coefficient (Wildman–Crippen LogP) is 3.06. The van der Waals surface area contributed by atoms with Gasteiger partial charge in [0.2, 0.25) is 11.8 Å². The molecular formula is C21H23ClN2O3. The van der Waals surface area contributed by atoms with Crippen LogP contribution >= 0.6 is 11.6 Å². The van der Waals surface area contributed by atoms with Crippen LogP contribution in [0.25, 0.3) is 0 Å². The summed E-state index contributed by atoms with van der Waals surface area (Å²) >= 11 is 5.97. The van der Waals surface area contributed by atoms with Crippen LogP contribution in [0, 0.1) is 5.92 Å². The molecule has 142 valence electrons. The summed E-state index contributed by atoms with van der Waals surface area (Å²) in [7, 11) is 1.61. The molecule has 3 rings (SSSR count). The van der Waals surface area contributed by atoms with Gasteiger partial charge < -0.3 is 15.0 Å². The molecule has 0 aliphatic carbocycles. The number of carbonyl (C=O) groups is 2. The zero-order valence-electron chi connectivity index (χ0n) is 15.3. The van der Waals surface area contributed by atoms with E-state index in [2.05, 4.69) is 5.32 Å². The third-order valence-corrected chi connectivity index (χ3v) is 4.98. The minimum Gasteiger partial charge on any atom is -0.496 e. The summed E-state index contributed by atoms with van der Waals surface area (Å²) < 4.78 is 5.34. The number of likely N-dealkylation sites (tertiary alicyclic amines) is 1. The minimum absolute atomic E-state index is 0.00380. The molecule has 1 aliphatic heterocycles. The van der Waals surface area contributed by atoms with Gasteiger partial charge >= 0.3 is 0 Å². The van der Waals surface area contributed by atoms with E-state index in [4.69, 9.17) is 16.3 Å². The number of halogens is 1. The van der Waals surface area contributed by atoms with E-state index in [0.29, 0.717) is 31.1 Å². The van der Waals surface area contributed by atoms with E-state index in [1.807, 2.05) is 48.5 Å². The first kappa shape index (κ1) is 19.2. The minimum atomic E-state index is -0.313. The van der Waals surface area contributed by atoms with Crippen molar-refractivity contribution in [3.8, 4) is 5.75 Å². The van der Waals surface area contributed by atoms with Crippen molar-refractivity contribution in [1.82, 2.24) is 10.2 Å². The normalized spacial score (nSPS) is 16.4. The van der Waals surface area contributed by atoms with Crippen molar-refractivity contribution >= 4 is 23.4 Å². The van der Waals surface area contributed by atoms with E-state index in [9.17, 15) is 9.59 Å². The van der Waals surface area contributed by atoms with Gasteiger partial charge in [-0.15, -0.1) is 0 Å². The van der Waals surface area contributed by atoms with Gasteiger partial charge in [-0.25, -0.2) is 0 Å². The number of benzene rings is 2. The van der Waals surface area contributed by atoms with E-state index in [-0.39, 0.29) is 24.2 Å². The molecule has 2 amide bonds. The van der Waals surface area contributed by atoms with Crippen LogP contribution in [0.5, 0.6) is 5.75 Å². The van der Waals surface area contributed by atoms with E-state index in [1.54, 1.807) is 12.0 Å². The largest absolute Gasteiger partial charge is 0.496 e. The molecule has 0 aromatic heterocycles. The van der Waals surface area contributed by atoms with Gasteiger partial charge in [-0.2, -0.15) is 0 Å². The van der Waals surface area contributed by atoms with E-state index in [1.165, 1.54) is 0 Å². The Bertz CT molecular complexity index is 825. The zero-order chi connectivity index (χ0) is 19.2. The maximum Gasteiger partial charge on any atom is 0.225 e. The van der Waals surface area contributed by atoms with E-state index < -0.39 is 0 Å². The average Bonchev–Trinajstić information content (AvgIpc) is 3.03. The molecule has 0 bridgehead atoms. The smallest absolute Gasteiger partial charge is 0.225 e. The van der Waals surface area contributed by atoms with Gasteiger partial charge in [0, 0.05) is 36.6 Å². The number of nitrogens with one attached hydrogen (secondary N) is 1. The second kappa shape index (κ2) is 8.91. The number of para-hydroxylation sites is 1. The van der Waals surface area contributed by atoms with Crippen LogP contribution in [0.4, 0.5) is 0 Å². The molecule has 1 N–H and O–H groups in total. The molecule has 6 heteroatoms. The molecular weight excluding hydrogens is 364 g/mol. The van der Waals surface area contributed by atoms with Gasteiger partial charge in [-0.1, -0.05) is 41.9 Å². The Labute approximate surface area is 164 Å². The third kappa shape index (κ3) is 5.01. The highest BCUT2D eigenvalue weighted by molar-refractivity contribution is 6.30. The quantitative estimate of drug-likeness (QED) is 0.795. The number of rotatable bonds is 7. The number of amides is 2. The lowest BCUT2D eigenvalue weighted by Gasteiger charge is -2.18. The molecule has 2 aromatic carbocycles. The van der Waals surface area contributed by atoms with Crippen molar-refractivity contribution in [3.05, 3.63) is 64.7 Å². The monoisotopic (exact) mass is 386 g/mol. The summed E-state index contributed by atoms with van der Waals surface area (Å²) in [4.78, 5) is 26.5. The Morgan fingerprint density at radius 2 is 2.07 bits per heavy atom. The Balaban J connectivity index is 1.51. The first-order valence-corrected chi connectivity index (χ1v) is 9.36. The fourth-order valence-electron chi connectivity index (χ4n) is 3.31. The molecule has 1 fully saturated rings. The van der Waals surface area contributed by atoms with Gasteiger partial charge in [-0.05, 0) is 30.2 Å². The number of hydrogen-bond acceptors (Lipinski definition) is 3. The fraction of sp³-hybridized carbons (Fsp3) is 0.333. The van der Waals surface area contributed by atoms with Crippen molar-refractivity contribution in [2.45, 2.75) is 19.4 Å². The summed E-state index contributed by atoms with van der Waals surface area (Å²) in [5.74, 6) is 0.357. The molecule has 2 aromatic rings. The topological polar surface area (TPSA) is 58.6 Å². The van der Waals surface area contributed by atoms with Crippen LogP contribution in [0.15, 0.2) is 48.5 Å². The highest BCUT2D eigenvalue weighted by Gasteiger charge is 2.34. The lowest BCUT2D eigenvalue weighted by atomic mass is 10.1. The van der Waals surface area contributed by atoms with Crippen molar-refractivity contribution in [2.75, 3.05) is 20.2 Å². The number of methoxy groups -OCH3 is 1. The van der Waals surface area contributed by atoms with Crippen molar-refractivity contribution in [2.24, 2.45) is 5.92 Å². The Hall–Kier alpha value is -2.53. The zero-order valence-corrected chi connectivity index (χ0v) is 16.0. The number of nitrogens with zero attached hydrogens (tertiary/aromatic N) is 1. The predicted molar refractivity (Wildman–Crippen MR) is 105 cm³/mol. The highest BCUT2D eigenvalue weighted by Crippen LogP contribution is 2.24. The molecule has 27 heavy (non-hydrogen) atoms. The SMILES string of the molecule is COc1ccccc1CN1CC(C(=O)NCCc2cccc(Cl)c2)CC1=O. The molecule has 1 heterocycles. The molecule has 1 saturated heterocycles. The first-order chi connectivity index (χ1) is 13.1.